The quantitative estimate of drug-likeness (QED) is 0.661. The SMILES string of the molecule is CCC(=O)C(C)(C)C(C)(OC(C)(C)C)N(C)C1CCCCC1. The Labute approximate surface area is 137 Å². The Morgan fingerprint density at radius 2 is 1.55 bits per heavy atom. The highest BCUT2D eigenvalue weighted by Gasteiger charge is 2.52. The third-order valence-corrected chi connectivity index (χ3v) is 5.48. The summed E-state index contributed by atoms with van der Waals surface area (Å²) in [5.74, 6) is 0.266. The molecule has 0 amide bonds. The Morgan fingerprint density at radius 3 is 1.95 bits per heavy atom. The van der Waals surface area contributed by atoms with E-state index in [0.29, 0.717) is 12.5 Å². The molecule has 1 aliphatic rings. The standard InChI is InChI=1S/C19H37NO2/c1-9-16(21)18(5,6)19(7,22-17(2,3)4)20(8)15-13-11-10-12-14-15/h15H,9-14H2,1-8H3. The van der Waals surface area contributed by atoms with Crippen LogP contribution in [0.25, 0.3) is 0 Å². The van der Waals surface area contributed by atoms with Crippen molar-refractivity contribution in [2.24, 2.45) is 5.41 Å². The van der Waals surface area contributed by atoms with Gasteiger partial charge in [-0.1, -0.05) is 26.2 Å². The lowest BCUT2D eigenvalue weighted by Crippen LogP contribution is -2.64. The van der Waals surface area contributed by atoms with Gasteiger partial charge in [0.1, 0.15) is 11.5 Å². The van der Waals surface area contributed by atoms with Crippen molar-refractivity contribution in [3.8, 4) is 0 Å². The van der Waals surface area contributed by atoms with E-state index in [1.165, 1.54) is 32.1 Å². The molecule has 1 atom stereocenters. The first kappa shape index (κ1) is 19.6. The fraction of sp³-hybridized carbons (Fsp3) is 0.947. The third-order valence-electron chi connectivity index (χ3n) is 5.48. The van der Waals surface area contributed by atoms with E-state index in [4.69, 9.17) is 4.74 Å². The van der Waals surface area contributed by atoms with Crippen LogP contribution in [-0.4, -0.2) is 35.1 Å². The molecule has 1 aliphatic carbocycles. The predicted molar refractivity (Wildman–Crippen MR) is 93.0 cm³/mol. The lowest BCUT2D eigenvalue weighted by atomic mass is 9.74. The summed E-state index contributed by atoms with van der Waals surface area (Å²) in [6, 6.07) is 0.505. The summed E-state index contributed by atoms with van der Waals surface area (Å²) in [6.07, 6.45) is 6.85. The Balaban J connectivity index is 3.17. The summed E-state index contributed by atoms with van der Waals surface area (Å²) in [5.41, 5.74) is -1.43. The fourth-order valence-corrected chi connectivity index (χ4v) is 3.75. The zero-order chi connectivity index (χ0) is 17.2. The number of hydrogen-bond acceptors (Lipinski definition) is 3. The molecular weight excluding hydrogens is 274 g/mol. The summed E-state index contributed by atoms with van der Waals surface area (Å²) in [5, 5.41) is 0. The first-order valence-corrected chi connectivity index (χ1v) is 8.92. The minimum atomic E-state index is -0.597. The van der Waals surface area contributed by atoms with Crippen LogP contribution in [0.4, 0.5) is 0 Å². The number of ether oxygens (including phenoxy) is 1. The van der Waals surface area contributed by atoms with Gasteiger partial charge in [0.25, 0.3) is 0 Å². The number of Topliss-reactive ketones (excluding diaryl/α,β-unsaturated/α-hetero) is 1. The molecule has 0 saturated heterocycles. The maximum atomic E-state index is 12.6. The van der Waals surface area contributed by atoms with Crippen molar-refractivity contribution in [2.45, 2.75) is 104 Å². The second-order valence-corrected chi connectivity index (χ2v) is 8.50. The molecule has 3 heteroatoms. The predicted octanol–water partition coefficient (Wildman–Crippen LogP) is 4.79. The van der Waals surface area contributed by atoms with E-state index >= 15 is 0 Å². The summed E-state index contributed by atoms with van der Waals surface area (Å²) >= 11 is 0. The molecule has 3 nitrogen and oxygen atoms in total. The van der Waals surface area contributed by atoms with Crippen LogP contribution in [0.3, 0.4) is 0 Å². The molecule has 0 aromatic carbocycles. The van der Waals surface area contributed by atoms with Gasteiger partial charge >= 0.3 is 0 Å². The first-order valence-electron chi connectivity index (χ1n) is 8.92. The van der Waals surface area contributed by atoms with Gasteiger partial charge in [-0.15, -0.1) is 0 Å². The average molecular weight is 312 g/mol. The molecule has 0 N–H and O–H groups in total. The van der Waals surface area contributed by atoms with Crippen molar-refractivity contribution in [2.75, 3.05) is 7.05 Å². The molecule has 0 heterocycles. The van der Waals surface area contributed by atoms with E-state index in [0.717, 1.165) is 0 Å². The number of hydrogen-bond donors (Lipinski definition) is 0. The fourth-order valence-electron chi connectivity index (χ4n) is 3.75. The van der Waals surface area contributed by atoms with E-state index in [9.17, 15) is 4.79 Å². The van der Waals surface area contributed by atoms with Gasteiger partial charge in [-0.2, -0.15) is 0 Å². The van der Waals surface area contributed by atoms with Crippen molar-refractivity contribution in [1.82, 2.24) is 4.90 Å². The van der Waals surface area contributed by atoms with Crippen molar-refractivity contribution < 1.29 is 9.53 Å². The molecule has 0 aromatic heterocycles. The zero-order valence-electron chi connectivity index (χ0n) is 16.1. The van der Waals surface area contributed by atoms with Crippen molar-refractivity contribution in [3.05, 3.63) is 0 Å². The largest absolute Gasteiger partial charge is 0.354 e. The zero-order valence-corrected chi connectivity index (χ0v) is 16.1. The molecule has 130 valence electrons. The summed E-state index contributed by atoms with van der Waals surface area (Å²) in [7, 11) is 2.15. The number of rotatable bonds is 6. The van der Waals surface area contributed by atoms with Gasteiger partial charge in [-0.05, 0) is 61.4 Å². The van der Waals surface area contributed by atoms with Crippen LogP contribution in [0.1, 0.15) is 87.0 Å². The van der Waals surface area contributed by atoms with Gasteiger partial charge in [0, 0.05) is 12.5 Å². The Morgan fingerprint density at radius 1 is 1.05 bits per heavy atom. The molecule has 0 radical (unpaired) electrons. The number of ketones is 1. The van der Waals surface area contributed by atoms with E-state index in [2.05, 4.69) is 39.6 Å². The van der Waals surface area contributed by atoms with Crippen LogP contribution in [0.2, 0.25) is 0 Å². The molecule has 22 heavy (non-hydrogen) atoms. The molecule has 0 spiro atoms. The number of carbonyl (C=O) groups excluding carboxylic acids is 1. The van der Waals surface area contributed by atoms with Gasteiger partial charge in [-0.3, -0.25) is 9.69 Å². The van der Waals surface area contributed by atoms with Gasteiger partial charge in [0.2, 0.25) is 0 Å². The summed E-state index contributed by atoms with van der Waals surface area (Å²) in [4.78, 5) is 15.0. The lowest BCUT2D eigenvalue weighted by molar-refractivity contribution is -0.254. The van der Waals surface area contributed by atoms with Crippen LogP contribution in [0, 0.1) is 5.41 Å². The second-order valence-electron chi connectivity index (χ2n) is 8.50. The molecule has 0 bridgehead atoms. The monoisotopic (exact) mass is 311 g/mol. The third kappa shape index (κ3) is 4.11. The molecule has 1 fully saturated rings. The maximum Gasteiger partial charge on any atom is 0.142 e. The molecule has 0 aromatic rings. The van der Waals surface area contributed by atoms with E-state index < -0.39 is 11.1 Å². The Kier molecular flexibility index (Phi) is 6.25. The molecule has 1 unspecified atom stereocenters. The van der Waals surface area contributed by atoms with E-state index in [1.807, 2.05) is 20.8 Å². The van der Waals surface area contributed by atoms with Gasteiger partial charge in [0.05, 0.1) is 11.0 Å². The number of nitrogens with zero attached hydrogens (tertiary/aromatic N) is 1. The Bertz CT molecular complexity index is 377. The van der Waals surface area contributed by atoms with E-state index in [-0.39, 0.29) is 11.4 Å². The van der Waals surface area contributed by atoms with Gasteiger partial charge in [-0.25, -0.2) is 0 Å². The minimum absolute atomic E-state index is 0.266. The van der Waals surface area contributed by atoms with Crippen LogP contribution in [0.15, 0.2) is 0 Å². The smallest absolute Gasteiger partial charge is 0.142 e. The van der Waals surface area contributed by atoms with Gasteiger partial charge < -0.3 is 4.74 Å². The minimum Gasteiger partial charge on any atom is -0.354 e. The summed E-state index contributed by atoms with van der Waals surface area (Å²) < 4.78 is 6.53. The molecule has 1 rings (SSSR count). The maximum absolute atomic E-state index is 12.6. The second kappa shape index (κ2) is 7.00. The van der Waals surface area contributed by atoms with Crippen LogP contribution < -0.4 is 0 Å². The summed E-state index contributed by atoms with van der Waals surface area (Å²) in [6.45, 7) is 14.4. The molecular formula is C19H37NO2. The van der Waals surface area contributed by atoms with Crippen molar-refractivity contribution in [3.63, 3.8) is 0 Å². The van der Waals surface area contributed by atoms with Crippen molar-refractivity contribution in [1.29, 1.82) is 0 Å². The normalized spacial score (nSPS) is 21.0. The van der Waals surface area contributed by atoms with Gasteiger partial charge in [0.15, 0.2) is 0 Å². The van der Waals surface area contributed by atoms with E-state index in [1.54, 1.807) is 0 Å². The van der Waals surface area contributed by atoms with Crippen LogP contribution >= 0.6 is 0 Å². The lowest BCUT2D eigenvalue weighted by Gasteiger charge is -2.54. The number of carbonyl (C=O) groups is 1. The molecule has 1 saturated carbocycles. The molecule has 0 aliphatic heterocycles. The highest BCUT2D eigenvalue weighted by Crippen LogP contribution is 2.43. The van der Waals surface area contributed by atoms with Crippen LogP contribution in [0.5, 0.6) is 0 Å². The van der Waals surface area contributed by atoms with Crippen LogP contribution in [-0.2, 0) is 9.53 Å². The Hall–Kier alpha value is -0.410. The highest BCUT2D eigenvalue weighted by atomic mass is 16.5. The first-order chi connectivity index (χ1) is 9.95. The topological polar surface area (TPSA) is 29.5 Å². The average Bonchev–Trinajstić information content (AvgIpc) is 2.44. The highest BCUT2D eigenvalue weighted by molar-refractivity contribution is 5.85. The van der Waals surface area contributed by atoms with Crippen molar-refractivity contribution >= 4 is 5.78 Å².